The molecule has 0 bridgehead atoms. The summed E-state index contributed by atoms with van der Waals surface area (Å²) in [6.45, 7) is 3.42. The number of nitrogens with one attached hydrogen (secondary N) is 1. The van der Waals surface area contributed by atoms with E-state index in [1.807, 2.05) is 17.9 Å². The van der Waals surface area contributed by atoms with Crippen molar-refractivity contribution in [3.63, 3.8) is 0 Å². The van der Waals surface area contributed by atoms with E-state index in [-0.39, 0.29) is 11.8 Å². The molecule has 1 aliphatic rings. The fraction of sp³-hybridized carbons (Fsp3) is 0.231. The van der Waals surface area contributed by atoms with E-state index in [1.165, 1.54) is 6.07 Å². The van der Waals surface area contributed by atoms with E-state index in [1.54, 1.807) is 53.4 Å². The van der Waals surface area contributed by atoms with E-state index >= 15 is 0 Å². The van der Waals surface area contributed by atoms with Crippen LogP contribution < -0.4 is 10.2 Å². The molecule has 3 aromatic rings. The summed E-state index contributed by atoms with van der Waals surface area (Å²) < 4.78 is 39.1. The van der Waals surface area contributed by atoms with Gasteiger partial charge in [-0.2, -0.15) is 13.2 Å². The minimum atomic E-state index is -4.40. The van der Waals surface area contributed by atoms with E-state index in [4.69, 9.17) is 0 Å². The zero-order chi connectivity index (χ0) is 24.3. The van der Waals surface area contributed by atoms with Crippen LogP contribution in [-0.4, -0.2) is 42.9 Å². The summed E-state index contributed by atoms with van der Waals surface area (Å²) in [6.07, 6.45) is -4.40. The van der Waals surface area contributed by atoms with Gasteiger partial charge in [-0.25, -0.2) is 0 Å². The van der Waals surface area contributed by atoms with Crippen LogP contribution in [0.3, 0.4) is 0 Å². The third kappa shape index (κ3) is 5.22. The fourth-order valence-corrected chi connectivity index (χ4v) is 3.98. The zero-order valence-corrected chi connectivity index (χ0v) is 18.6. The summed E-state index contributed by atoms with van der Waals surface area (Å²) in [5.74, 6) is -0.540. The first-order valence-corrected chi connectivity index (χ1v) is 10.9. The number of hydrogen-bond acceptors (Lipinski definition) is 3. The number of benzene rings is 3. The van der Waals surface area contributed by atoms with Crippen LogP contribution in [0.2, 0.25) is 0 Å². The number of alkyl halides is 3. The molecule has 4 rings (SSSR count). The standard InChI is InChI=1S/C26H24F3N3O2/c1-18-6-4-7-19(16-18)24(33)30-23-11-3-2-10-22(23)25(34)32-14-12-31(13-15-32)21-9-5-8-20(17-21)26(27,28)29/h2-11,16-17H,12-15H2,1H3,(H,30,33). The molecule has 1 N–H and O–H groups in total. The first-order chi connectivity index (χ1) is 16.2. The summed E-state index contributed by atoms with van der Waals surface area (Å²) in [6, 6.07) is 19.2. The van der Waals surface area contributed by atoms with Crippen molar-refractivity contribution in [1.82, 2.24) is 4.90 Å². The lowest BCUT2D eigenvalue weighted by Gasteiger charge is -2.36. The van der Waals surface area contributed by atoms with E-state index in [0.29, 0.717) is 48.7 Å². The maximum absolute atomic E-state index is 13.2. The molecule has 2 amide bonds. The van der Waals surface area contributed by atoms with Crippen molar-refractivity contribution in [3.05, 3.63) is 95.1 Å². The Labute approximate surface area is 195 Å². The number of carbonyl (C=O) groups excluding carboxylic acids is 2. The quantitative estimate of drug-likeness (QED) is 0.572. The summed E-state index contributed by atoms with van der Waals surface area (Å²) >= 11 is 0. The second-order valence-corrected chi connectivity index (χ2v) is 8.20. The van der Waals surface area contributed by atoms with Gasteiger partial charge in [-0.05, 0) is 49.4 Å². The second-order valence-electron chi connectivity index (χ2n) is 8.20. The second kappa shape index (κ2) is 9.59. The Morgan fingerprint density at radius 2 is 1.56 bits per heavy atom. The predicted octanol–water partition coefficient (Wildman–Crippen LogP) is 5.23. The zero-order valence-electron chi connectivity index (χ0n) is 18.6. The Hall–Kier alpha value is -3.81. The van der Waals surface area contributed by atoms with Crippen LogP contribution in [0.5, 0.6) is 0 Å². The van der Waals surface area contributed by atoms with Gasteiger partial charge in [0.2, 0.25) is 0 Å². The molecular weight excluding hydrogens is 443 g/mol. The number of amides is 2. The fourth-order valence-electron chi connectivity index (χ4n) is 3.98. The Kier molecular flexibility index (Phi) is 6.58. The highest BCUT2D eigenvalue weighted by Crippen LogP contribution is 2.32. The molecule has 34 heavy (non-hydrogen) atoms. The lowest BCUT2D eigenvalue weighted by molar-refractivity contribution is -0.137. The number of rotatable bonds is 4. The Bertz CT molecular complexity index is 1200. The number of piperazine rings is 1. The van der Waals surface area contributed by atoms with Gasteiger partial charge >= 0.3 is 6.18 Å². The van der Waals surface area contributed by atoms with Gasteiger partial charge in [-0.1, -0.05) is 35.9 Å². The van der Waals surface area contributed by atoms with Crippen LogP contribution in [0.15, 0.2) is 72.8 Å². The normalized spacial score (nSPS) is 14.1. The number of carbonyl (C=O) groups is 2. The minimum absolute atomic E-state index is 0.233. The van der Waals surface area contributed by atoms with Crippen LogP contribution in [0.25, 0.3) is 0 Å². The first kappa shape index (κ1) is 23.4. The summed E-state index contributed by atoms with van der Waals surface area (Å²) in [4.78, 5) is 29.4. The van der Waals surface area contributed by atoms with Gasteiger partial charge in [0.15, 0.2) is 0 Å². The first-order valence-electron chi connectivity index (χ1n) is 10.9. The predicted molar refractivity (Wildman–Crippen MR) is 125 cm³/mol. The van der Waals surface area contributed by atoms with Crippen molar-refractivity contribution in [2.45, 2.75) is 13.1 Å². The lowest BCUT2D eigenvalue weighted by atomic mass is 10.1. The molecule has 8 heteroatoms. The van der Waals surface area contributed by atoms with Gasteiger partial charge in [-0.15, -0.1) is 0 Å². The summed E-state index contributed by atoms with van der Waals surface area (Å²) in [5.41, 5.74) is 2.03. The molecule has 3 aromatic carbocycles. The molecule has 0 unspecified atom stereocenters. The highest BCUT2D eigenvalue weighted by atomic mass is 19.4. The number of anilines is 2. The van der Waals surface area contributed by atoms with Crippen LogP contribution in [0.4, 0.5) is 24.5 Å². The van der Waals surface area contributed by atoms with Crippen molar-refractivity contribution in [2.75, 3.05) is 36.4 Å². The number of nitrogens with zero attached hydrogens (tertiary/aromatic N) is 2. The highest BCUT2D eigenvalue weighted by Gasteiger charge is 2.31. The van der Waals surface area contributed by atoms with Crippen molar-refractivity contribution in [3.8, 4) is 0 Å². The average molecular weight is 467 g/mol. The number of aryl methyl sites for hydroxylation is 1. The van der Waals surface area contributed by atoms with E-state index < -0.39 is 11.7 Å². The Morgan fingerprint density at radius 1 is 0.853 bits per heavy atom. The highest BCUT2D eigenvalue weighted by molar-refractivity contribution is 6.09. The third-order valence-electron chi connectivity index (χ3n) is 5.79. The molecule has 0 radical (unpaired) electrons. The maximum atomic E-state index is 13.2. The van der Waals surface area contributed by atoms with E-state index in [2.05, 4.69) is 5.32 Å². The largest absolute Gasteiger partial charge is 0.416 e. The molecule has 5 nitrogen and oxygen atoms in total. The maximum Gasteiger partial charge on any atom is 0.416 e. The number of halogens is 3. The molecule has 0 atom stereocenters. The molecule has 0 saturated carbocycles. The molecule has 1 heterocycles. The molecule has 0 spiro atoms. The van der Waals surface area contributed by atoms with Gasteiger partial charge in [0.05, 0.1) is 16.8 Å². The van der Waals surface area contributed by atoms with Gasteiger partial charge in [0.25, 0.3) is 11.8 Å². The van der Waals surface area contributed by atoms with Crippen molar-refractivity contribution >= 4 is 23.2 Å². The Morgan fingerprint density at radius 3 is 2.26 bits per heavy atom. The summed E-state index contributed by atoms with van der Waals surface area (Å²) in [5, 5.41) is 2.83. The van der Waals surface area contributed by atoms with E-state index in [9.17, 15) is 22.8 Å². The average Bonchev–Trinajstić information content (AvgIpc) is 2.83. The van der Waals surface area contributed by atoms with Gasteiger partial charge in [0, 0.05) is 37.4 Å². The molecule has 176 valence electrons. The van der Waals surface area contributed by atoms with Crippen LogP contribution >= 0.6 is 0 Å². The molecule has 1 fully saturated rings. The van der Waals surface area contributed by atoms with Crippen molar-refractivity contribution in [1.29, 1.82) is 0 Å². The molecule has 0 aromatic heterocycles. The molecule has 1 saturated heterocycles. The van der Waals surface area contributed by atoms with Gasteiger partial charge in [-0.3, -0.25) is 9.59 Å². The van der Waals surface area contributed by atoms with Crippen LogP contribution in [-0.2, 0) is 6.18 Å². The lowest BCUT2D eigenvalue weighted by Crippen LogP contribution is -2.49. The number of para-hydroxylation sites is 1. The Balaban J connectivity index is 1.44. The van der Waals surface area contributed by atoms with Gasteiger partial charge < -0.3 is 15.1 Å². The molecule has 0 aliphatic carbocycles. The smallest absolute Gasteiger partial charge is 0.368 e. The number of hydrogen-bond donors (Lipinski definition) is 1. The van der Waals surface area contributed by atoms with Crippen molar-refractivity contribution in [2.24, 2.45) is 0 Å². The van der Waals surface area contributed by atoms with E-state index in [0.717, 1.165) is 17.7 Å². The SMILES string of the molecule is Cc1cccc(C(=O)Nc2ccccc2C(=O)N2CCN(c3cccc(C(F)(F)F)c3)CC2)c1. The van der Waals surface area contributed by atoms with Crippen molar-refractivity contribution < 1.29 is 22.8 Å². The topological polar surface area (TPSA) is 52.7 Å². The van der Waals surface area contributed by atoms with Gasteiger partial charge in [0.1, 0.15) is 0 Å². The minimum Gasteiger partial charge on any atom is -0.368 e. The van der Waals surface area contributed by atoms with Crippen LogP contribution in [0, 0.1) is 6.92 Å². The monoisotopic (exact) mass is 467 g/mol. The third-order valence-corrected chi connectivity index (χ3v) is 5.79. The van der Waals surface area contributed by atoms with Crippen LogP contribution in [0.1, 0.15) is 31.8 Å². The summed E-state index contributed by atoms with van der Waals surface area (Å²) in [7, 11) is 0. The molecule has 1 aliphatic heterocycles. The molecular formula is C26H24F3N3O2.